The maximum atomic E-state index is 12.2. The summed E-state index contributed by atoms with van der Waals surface area (Å²) in [5.74, 6) is 0.259. The third-order valence-electron chi connectivity index (χ3n) is 2.73. The first-order chi connectivity index (χ1) is 9.18. The van der Waals surface area contributed by atoms with Crippen molar-refractivity contribution in [2.75, 3.05) is 4.72 Å². The first-order valence-corrected chi connectivity index (χ1v) is 7.89. The molecule has 0 unspecified atom stereocenters. The van der Waals surface area contributed by atoms with Crippen molar-refractivity contribution in [2.24, 2.45) is 0 Å². The predicted octanol–water partition coefficient (Wildman–Crippen LogP) is 3.16. The van der Waals surface area contributed by atoms with Gasteiger partial charge in [-0.1, -0.05) is 38.4 Å². The maximum Gasteiger partial charge on any atom is 0.263 e. The van der Waals surface area contributed by atoms with Crippen LogP contribution in [0.2, 0.25) is 5.02 Å². The summed E-state index contributed by atoms with van der Waals surface area (Å²) in [4.78, 5) is 0.102. The molecule has 2 N–H and O–H groups in total. The largest absolute Gasteiger partial charge is 0.280 e. The number of aromatic nitrogens is 2. The van der Waals surface area contributed by atoms with Crippen molar-refractivity contribution in [3.8, 4) is 0 Å². The number of nitrogens with one attached hydrogen (secondary N) is 2. The molecule has 7 heteroatoms. The summed E-state index contributed by atoms with van der Waals surface area (Å²) < 4.78 is 26.8. The van der Waals surface area contributed by atoms with Crippen molar-refractivity contribution in [3.63, 3.8) is 0 Å². The lowest BCUT2D eigenvalue weighted by molar-refractivity contribution is 0.567. The van der Waals surface area contributed by atoms with E-state index in [0.29, 0.717) is 5.02 Å². The summed E-state index contributed by atoms with van der Waals surface area (Å²) in [5.41, 5.74) is 0.716. The van der Waals surface area contributed by atoms with Gasteiger partial charge in [0.1, 0.15) is 0 Å². The van der Waals surface area contributed by atoms with Gasteiger partial charge in [-0.05, 0) is 18.2 Å². The Morgan fingerprint density at radius 2 is 1.95 bits per heavy atom. The van der Waals surface area contributed by atoms with E-state index in [1.54, 1.807) is 18.2 Å². The van der Waals surface area contributed by atoms with Gasteiger partial charge in [0, 0.05) is 22.2 Å². The molecule has 0 saturated heterocycles. The van der Waals surface area contributed by atoms with Crippen LogP contribution in [0.25, 0.3) is 0 Å². The maximum absolute atomic E-state index is 12.2. The topological polar surface area (TPSA) is 74.8 Å². The average Bonchev–Trinajstić information content (AvgIpc) is 2.76. The van der Waals surface area contributed by atoms with Gasteiger partial charge in [0.15, 0.2) is 5.82 Å². The second kappa shape index (κ2) is 5.10. The molecule has 0 saturated carbocycles. The minimum Gasteiger partial charge on any atom is -0.280 e. The van der Waals surface area contributed by atoms with E-state index in [4.69, 9.17) is 11.6 Å². The molecule has 1 heterocycles. The Balaban J connectivity index is 2.27. The lowest BCUT2D eigenvalue weighted by atomic mass is 9.92. The number of benzene rings is 1. The first-order valence-electron chi connectivity index (χ1n) is 6.03. The van der Waals surface area contributed by atoms with Crippen molar-refractivity contribution >= 4 is 27.4 Å². The van der Waals surface area contributed by atoms with Gasteiger partial charge in [-0.15, -0.1) is 0 Å². The Bertz CT molecular complexity index is 717. The summed E-state index contributed by atoms with van der Waals surface area (Å²) in [6.07, 6.45) is 0. The molecule has 2 aromatic rings. The second-order valence-electron chi connectivity index (χ2n) is 5.48. The van der Waals surface area contributed by atoms with Crippen LogP contribution >= 0.6 is 11.6 Å². The summed E-state index contributed by atoms with van der Waals surface area (Å²) in [5, 5.41) is 7.16. The van der Waals surface area contributed by atoms with Crippen molar-refractivity contribution in [1.29, 1.82) is 0 Å². The molecule has 0 spiro atoms. The molecule has 20 heavy (non-hydrogen) atoms. The number of hydrogen-bond acceptors (Lipinski definition) is 3. The summed E-state index contributed by atoms with van der Waals surface area (Å²) >= 11 is 5.80. The van der Waals surface area contributed by atoms with Crippen LogP contribution in [0.15, 0.2) is 35.2 Å². The highest BCUT2D eigenvalue weighted by Crippen LogP contribution is 2.23. The molecule has 108 valence electrons. The van der Waals surface area contributed by atoms with Crippen LogP contribution < -0.4 is 4.72 Å². The molecule has 1 aromatic heterocycles. The van der Waals surface area contributed by atoms with Crippen LogP contribution in [0.3, 0.4) is 0 Å². The first kappa shape index (κ1) is 14.9. The Hall–Kier alpha value is -1.53. The predicted molar refractivity (Wildman–Crippen MR) is 79.5 cm³/mol. The number of nitrogens with zero attached hydrogens (tertiary/aromatic N) is 1. The quantitative estimate of drug-likeness (QED) is 0.914. The molecule has 0 aliphatic heterocycles. The molecular weight excluding hydrogens is 298 g/mol. The molecule has 0 fully saturated rings. The third kappa shape index (κ3) is 3.32. The number of H-pyrrole nitrogens is 1. The van der Waals surface area contributed by atoms with Gasteiger partial charge in [0.25, 0.3) is 10.0 Å². The Kier molecular flexibility index (Phi) is 3.80. The van der Waals surface area contributed by atoms with Crippen molar-refractivity contribution in [2.45, 2.75) is 31.1 Å². The average molecular weight is 314 g/mol. The van der Waals surface area contributed by atoms with Crippen molar-refractivity contribution < 1.29 is 8.42 Å². The SMILES string of the molecule is CC(C)(C)c1cc(NS(=O)(=O)c2cccc(Cl)c2)n[nH]1. The van der Waals surface area contributed by atoms with Crippen molar-refractivity contribution in [3.05, 3.63) is 41.0 Å². The fourth-order valence-electron chi connectivity index (χ4n) is 1.59. The van der Waals surface area contributed by atoms with Gasteiger partial charge in [-0.25, -0.2) is 8.42 Å². The van der Waals surface area contributed by atoms with Gasteiger partial charge >= 0.3 is 0 Å². The van der Waals surface area contributed by atoms with E-state index in [-0.39, 0.29) is 16.1 Å². The van der Waals surface area contributed by atoms with Crippen LogP contribution in [0.1, 0.15) is 26.5 Å². The molecule has 2 rings (SSSR count). The fourth-order valence-corrected chi connectivity index (χ4v) is 2.88. The Morgan fingerprint density at radius 3 is 2.50 bits per heavy atom. The smallest absolute Gasteiger partial charge is 0.263 e. The van der Waals surface area contributed by atoms with Crippen LogP contribution in [0.4, 0.5) is 5.82 Å². The number of aromatic amines is 1. The molecular formula is C13H16ClN3O2S. The van der Waals surface area contributed by atoms with Crippen molar-refractivity contribution in [1.82, 2.24) is 10.2 Å². The van der Waals surface area contributed by atoms with E-state index in [1.165, 1.54) is 12.1 Å². The standard InChI is InChI=1S/C13H16ClN3O2S/c1-13(2,3)11-8-12(16-15-11)17-20(18,19)10-6-4-5-9(14)7-10/h4-8H,1-3H3,(H2,15,16,17). The van der Waals surface area contributed by atoms with Crippen LogP contribution in [-0.4, -0.2) is 18.6 Å². The summed E-state index contributed by atoms with van der Waals surface area (Å²) in [6.45, 7) is 6.03. The molecule has 0 amide bonds. The lowest BCUT2D eigenvalue weighted by Crippen LogP contribution is -2.13. The van der Waals surface area contributed by atoms with E-state index in [9.17, 15) is 8.42 Å². The molecule has 5 nitrogen and oxygen atoms in total. The van der Waals surface area contributed by atoms with Gasteiger partial charge in [-0.3, -0.25) is 9.82 Å². The highest BCUT2D eigenvalue weighted by molar-refractivity contribution is 7.92. The van der Waals surface area contributed by atoms with Crippen LogP contribution in [-0.2, 0) is 15.4 Å². The lowest BCUT2D eigenvalue weighted by Gasteiger charge is -2.14. The highest BCUT2D eigenvalue weighted by atomic mass is 35.5. The van der Waals surface area contributed by atoms with Gasteiger partial charge in [0.05, 0.1) is 4.90 Å². The van der Waals surface area contributed by atoms with Gasteiger partial charge in [0.2, 0.25) is 0 Å². The number of hydrogen-bond donors (Lipinski definition) is 2. The number of anilines is 1. The zero-order chi connectivity index (χ0) is 15.0. The minimum atomic E-state index is -3.68. The Labute approximate surface area is 123 Å². The monoisotopic (exact) mass is 313 g/mol. The zero-order valence-electron chi connectivity index (χ0n) is 11.4. The highest BCUT2D eigenvalue weighted by Gasteiger charge is 2.20. The Morgan fingerprint density at radius 1 is 1.25 bits per heavy atom. The van der Waals surface area contributed by atoms with Crippen LogP contribution in [0, 0.1) is 0 Å². The van der Waals surface area contributed by atoms with E-state index in [1.807, 2.05) is 20.8 Å². The van der Waals surface area contributed by atoms with E-state index in [2.05, 4.69) is 14.9 Å². The van der Waals surface area contributed by atoms with E-state index < -0.39 is 10.0 Å². The molecule has 0 atom stereocenters. The number of halogens is 1. The van der Waals surface area contributed by atoms with E-state index in [0.717, 1.165) is 5.69 Å². The number of sulfonamides is 1. The minimum absolute atomic E-state index is 0.102. The van der Waals surface area contributed by atoms with E-state index >= 15 is 0 Å². The molecule has 0 radical (unpaired) electrons. The summed E-state index contributed by atoms with van der Waals surface area (Å²) in [7, 11) is -3.68. The van der Waals surface area contributed by atoms with Gasteiger partial charge in [-0.2, -0.15) is 5.10 Å². The summed E-state index contributed by atoms with van der Waals surface area (Å²) in [6, 6.07) is 7.75. The third-order valence-corrected chi connectivity index (χ3v) is 4.32. The molecule has 0 aliphatic rings. The molecule has 1 aromatic carbocycles. The number of rotatable bonds is 3. The van der Waals surface area contributed by atoms with Crippen LogP contribution in [0.5, 0.6) is 0 Å². The fraction of sp³-hybridized carbons (Fsp3) is 0.308. The second-order valence-corrected chi connectivity index (χ2v) is 7.60. The molecule has 0 bridgehead atoms. The normalized spacial score (nSPS) is 12.4. The molecule has 0 aliphatic carbocycles. The zero-order valence-corrected chi connectivity index (χ0v) is 13.0. The van der Waals surface area contributed by atoms with Gasteiger partial charge < -0.3 is 0 Å².